The summed E-state index contributed by atoms with van der Waals surface area (Å²) in [4.78, 5) is 13.6. The first-order valence-corrected chi connectivity index (χ1v) is 6.67. The smallest absolute Gasteiger partial charge is 0.253 e. The number of carbonyl (C=O) groups is 1. The summed E-state index contributed by atoms with van der Waals surface area (Å²) in [6.45, 7) is 2.35. The van der Waals surface area contributed by atoms with Gasteiger partial charge in [-0.3, -0.25) is 4.79 Å². The van der Waals surface area contributed by atoms with Gasteiger partial charge >= 0.3 is 0 Å². The molecule has 0 saturated heterocycles. The van der Waals surface area contributed by atoms with E-state index in [1.165, 1.54) is 6.07 Å². The minimum Gasteiger partial charge on any atom is -0.342 e. The maximum Gasteiger partial charge on any atom is 0.253 e. The van der Waals surface area contributed by atoms with Crippen LogP contribution in [0.3, 0.4) is 0 Å². The first kappa shape index (κ1) is 15.0. The molecule has 4 heteroatoms. The second-order valence-electron chi connectivity index (χ2n) is 4.44. The van der Waals surface area contributed by atoms with Crippen LogP contribution in [0.5, 0.6) is 0 Å². The summed E-state index contributed by atoms with van der Waals surface area (Å²) in [7, 11) is 1.74. The van der Waals surface area contributed by atoms with E-state index in [-0.39, 0.29) is 11.7 Å². The number of unbranched alkanes of at least 4 members (excludes halogenated alkanes) is 2. The molecule has 0 radical (unpaired) electrons. The van der Waals surface area contributed by atoms with Gasteiger partial charge in [-0.15, -0.1) is 11.6 Å². The summed E-state index contributed by atoms with van der Waals surface area (Å²) in [5, 5.41) is 0. The van der Waals surface area contributed by atoms with Gasteiger partial charge in [-0.2, -0.15) is 0 Å². The monoisotopic (exact) mass is 271 g/mol. The molecule has 0 aliphatic carbocycles. The number of amides is 1. The number of benzene rings is 1. The van der Waals surface area contributed by atoms with Crippen LogP contribution in [-0.4, -0.2) is 30.3 Å². The molecule has 0 saturated carbocycles. The van der Waals surface area contributed by atoms with Crippen molar-refractivity contribution in [2.24, 2.45) is 0 Å². The van der Waals surface area contributed by atoms with Crippen LogP contribution < -0.4 is 0 Å². The molecule has 0 unspecified atom stereocenters. The van der Waals surface area contributed by atoms with E-state index in [0.29, 0.717) is 23.6 Å². The average Bonchev–Trinajstić information content (AvgIpc) is 2.37. The lowest BCUT2D eigenvalue weighted by molar-refractivity contribution is 0.0792. The lowest BCUT2D eigenvalue weighted by Gasteiger charge is -2.17. The summed E-state index contributed by atoms with van der Waals surface area (Å²) in [5.74, 6) is 0.178. The van der Waals surface area contributed by atoms with Crippen LogP contribution >= 0.6 is 11.6 Å². The summed E-state index contributed by atoms with van der Waals surface area (Å²) >= 11 is 5.59. The van der Waals surface area contributed by atoms with E-state index in [9.17, 15) is 9.18 Å². The lowest BCUT2D eigenvalue weighted by Crippen LogP contribution is -2.27. The van der Waals surface area contributed by atoms with Crippen molar-refractivity contribution in [1.29, 1.82) is 0 Å². The summed E-state index contributed by atoms with van der Waals surface area (Å²) in [6, 6.07) is 4.59. The zero-order chi connectivity index (χ0) is 13.5. The molecule has 1 aromatic rings. The maximum atomic E-state index is 13.4. The van der Waals surface area contributed by atoms with Crippen LogP contribution in [0.25, 0.3) is 0 Å². The van der Waals surface area contributed by atoms with Crippen LogP contribution in [0.15, 0.2) is 18.2 Å². The molecule has 0 aromatic heterocycles. The molecule has 1 amide bonds. The number of nitrogens with zero attached hydrogens (tertiary/aromatic N) is 1. The molecular weight excluding hydrogens is 253 g/mol. The maximum absolute atomic E-state index is 13.4. The van der Waals surface area contributed by atoms with Crippen molar-refractivity contribution in [2.75, 3.05) is 19.5 Å². The third-order valence-electron chi connectivity index (χ3n) is 2.89. The topological polar surface area (TPSA) is 20.3 Å². The second-order valence-corrected chi connectivity index (χ2v) is 4.82. The summed E-state index contributed by atoms with van der Waals surface area (Å²) in [5.41, 5.74) is 0.953. The number of carbonyl (C=O) groups excluding carboxylic acids is 1. The normalized spacial score (nSPS) is 10.4. The minimum atomic E-state index is -0.337. The van der Waals surface area contributed by atoms with E-state index >= 15 is 0 Å². The van der Waals surface area contributed by atoms with Gasteiger partial charge in [-0.25, -0.2) is 4.39 Å². The number of rotatable bonds is 6. The highest BCUT2D eigenvalue weighted by atomic mass is 35.5. The highest BCUT2D eigenvalue weighted by Gasteiger charge is 2.12. The Kier molecular flexibility index (Phi) is 6.13. The van der Waals surface area contributed by atoms with Gasteiger partial charge in [0.2, 0.25) is 0 Å². The zero-order valence-electron chi connectivity index (χ0n) is 10.9. The third-order valence-corrected chi connectivity index (χ3v) is 3.16. The number of halogens is 2. The Bertz CT molecular complexity index is 409. The molecule has 1 rings (SSSR count). The SMILES string of the molecule is Cc1ccc(C(=O)N(C)CCCCCCl)cc1F. The van der Waals surface area contributed by atoms with E-state index in [4.69, 9.17) is 11.6 Å². The van der Waals surface area contributed by atoms with E-state index in [1.807, 2.05) is 0 Å². The predicted octanol–water partition coefficient (Wildman–Crippen LogP) is 3.62. The van der Waals surface area contributed by atoms with Gasteiger partial charge in [0.1, 0.15) is 5.82 Å². The molecule has 0 N–H and O–H groups in total. The van der Waals surface area contributed by atoms with Crippen molar-refractivity contribution in [3.63, 3.8) is 0 Å². The van der Waals surface area contributed by atoms with E-state index < -0.39 is 0 Å². The van der Waals surface area contributed by atoms with Gasteiger partial charge in [0.15, 0.2) is 0 Å². The largest absolute Gasteiger partial charge is 0.342 e. The number of hydrogen-bond donors (Lipinski definition) is 0. The van der Waals surface area contributed by atoms with Crippen molar-refractivity contribution in [3.8, 4) is 0 Å². The number of hydrogen-bond acceptors (Lipinski definition) is 1. The van der Waals surface area contributed by atoms with Crippen LogP contribution in [0, 0.1) is 12.7 Å². The Morgan fingerprint density at radius 1 is 1.33 bits per heavy atom. The second kappa shape index (κ2) is 7.37. The van der Waals surface area contributed by atoms with Crippen molar-refractivity contribution in [2.45, 2.75) is 26.2 Å². The van der Waals surface area contributed by atoms with Crippen LogP contribution in [0.2, 0.25) is 0 Å². The fourth-order valence-corrected chi connectivity index (χ4v) is 1.86. The first-order valence-electron chi connectivity index (χ1n) is 6.14. The molecule has 0 atom stereocenters. The molecular formula is C14H19ClFNO. The Balaban J connectivity index is 2.54. The fourth-order valence-electron chi connectivity index (χ4n) is 1.67. The summed E-state index contributed by atoms with van der Waals surface area (Å²) in [6.07, 6.45) is 2.88. The van der Waals surface area contributed by atoms with Gasteiger partial charge < -0.3 is 4.90 Å². The van der Waals surface area contributed by atoms with Gasteiger partial charge in [-0.1, -0.05) is 12.5 Å². The lowest BCUT2D eigenvalue weighted by atomic mass is 10.1. The molecule has 0 spiro atoms. The Labute approximate surface area is 113 Å². The minimum absolute atomic E-state index is 0.139. The molecule has 1 aromatic carbocycles. The number of alkyl halides is 1. The van der Waals surface area contributed by atoms with Crippen LogP contribution in [-0.2, 0) is 0 Å². The van der Waals surface area contributed by atoms with Crippen molar-refractivity contribution in [1.82, 2.24) is 4.90 Å². The predicted molar refractivity (Wildman–Crippen MR) is 72.7 cm³/mol. The van der Waals surface area contributed by atoms with Crippen molar-refractivity contribution < 1.29 is 9.18 Å². The Morgan fingerprint density at radius 2 is 2.06 bits per heavy atom. The van der Waals surface area contributed by atoms with Crippen LogP contribution in [0.1, 0.15) is 35.2 Å². The molecule has 0 aliphatic rings. The van der Waals surface area contributed by atoms with E-state index in [0.717, 1.165) is 19.3 Å². The van der Waals surface area contributed by atoms with Crippen LogP contribution in [0.4, 0.5) is 4.39 Å². The molecule has 0 aliphatic heterocycles. The highest BCUT2D eigenvalue weighted by Crippen LogP contribution is 2.11. The van der Waals surface area contributed by atoms with Crippen molar-refractivity contribution in [3.05, 3.63) is 35.1 Å². The Hall–Kier alpha value is -1.09. The van der Waals surface area contributed by atoms with Gasteiger partial charge in [0.05, 0.1) is 0 Å². The molecule has 18 heavy (non-hydrogen) atoms. The molecule has 0 fully saturated rings. The highest BCUT2D eigenvalue weighted by molar-refractivity contribution is 6.17. The van der Waals surface area contributed by atoms with Crippen molar-refractivity contribution >= 4 is 17.5 Å². The van der Waals surface area contributed by atoms with Gasteiger partial charge in [-0.05, 0) is 37.5 Å². The molecule has 0 bridgehead atoms. The quantitative estimate of drug-likeness (QED) is 0.572. The number of aryl methyl sites for hydroxylation is 1. The van der Waals surface area contributed by atoms with Gasteiger partial charge in [0.25, 0.3) is 5.91 Å². The Morgan fingerprint density at radius 3 is 2.67 bits per heavy atom. The molecule has 100 valence electrons. The summed E-state index contributed by atoms with van der Waals surface area (Å²) < 4.78 is 13.4. The average molecular weight is 272 g/mol. The van der Waals surface area contributed by atoms with E-state index in [2.05, 4.69) is 0 Å². The van der Waals surface area contributed by atoms with E-state index in [1.54, 1.807) is 31.0 Å². The fraction of sp³-hybridized carbons (Fsp3) is 0.500. The first-order chi connectivity index (χ1) is 8.56. The molecule has 0 heterocycles. The zero-order valence-corrected chi connectivity index (χ0v) is 11.6. The van der Waals surface area contributed by atoms with Gasteiger partial charge in [0, 0.05) is 25.0 Å². The molecule has 2 nitrogen and oxygen atoms in total. The standard InChI is InChI=1S/C14H19ClFNO/c1-11-6-7-12(10-13(11)16)14(18)17(2)9-5-3-4-8-15/h6-7,10H,3-5,8-9H2,1-2H3. The third kappa shape index (κ3) is 4.30.